The molecule has 1 amide bonds. The summed E-state index contributed by atoms with van der Waals surface area (Å²) in [7, 11) is 0. The van der Waals surface area contributed by atoms with Crippen LogP contribution in [0.15, 0.2) is 43.0 Å². The smallest absolute Gasteiger partial charge is 0.256 e. The molecule has 1 N–H and O–H groups in total. The van der Waals surface area contributed by atoms with Gasteiger partial charge in [0.25, 0.3) is 5.91 Å². The van der Waals surface area contributed by atoms with Gasteiger partial charge in [-0.2, -0.15) is 5.10 Å². The highest BCUT2D eigenvalue weighted by molar-refractivity contribution is 6.00. The molecule has 0 aromatic carbocycles. The predicted octanol–water partition coefficient (Wildman–Crippen LogP) is 2.32. The lowest BCUT2D eigenvalue weighted by Gasteiger charge is -2.13. The van der Waals surface area contributed by atoms with Gasteiger partial charge in [0, 0.05) is 30.2 Å². The van der Waals surface area contributed by atoms with E-state index in [-0.39, 0.29) is 5.91 Å². The molecule has 120 valence electrons. The van der Waals surface area contributed by atoms with E-state index < -0.39 is 0 Å². The molecule has 2 saturated carbocycles. The van der Waals surface area contributed by atoms with Gasteiger partial charge in [-0.15, -0.1) is 0 Å². The largest absolute Gasteiger partial charge is 0.349 e. The average molecular weight is 319 g/mol. The van der Waals surface area contributed by atoms with Crippen molar-refractivity contribution in [1.29, 1.82) is 0 Å². The van der Waals surface area contributed by atoms with Crippen molar-refractivity contribution in [3.63, 3.8) is 0 Å². The monoisotopic (exact) mass is 319 g/mol. The summed E-state index contributed by atoms with van der Waals surface area (Å²) in [6.45, 7) is 0. The molecule has 5 rings (SSSR count). The number of nitrogens with zero attached hydrogens (tertiary/aromatic N) is 4. The van der Waals surface area contributed by atoms with Gasteiger partial charge in [0.15, 0.2) is 5.65 Å². The lowest BCUT2D eigenvalue weighted by molar-refractivity contribution is 0.0937. The Labute approximate surface area is 138 Å². The Morgan fingerprint density at radius 3 is 2.79 bits per heavy atom. The fourth-order valence-corrected chi connectivity index (χ4v) is 3.88. The van der Waals surface area contributed by atoms with Gasteiger partial charge in [-0.05, 0) is 49.3 Å². The van der Waals surface area contributed by atoms with Crippen LogP contribution < -0.4 is 5.32 Å². The van der Waals surface area contributed by atoms with Crippen LogP contribution in [-0.2, 0) is 0 Å². The third kappa shape index (κ3) is 2.18. The minimum Gasteiger partial charge on any atom is -0.349 e. The fourth-order valence-electron chi connectivity index (χ4n) is 3.88. The third-order valence-electron chi connectivity index (χ3n) is 5.18. The minimum absolute atomic E-state index is 0.0767. The minimum atomic E-state index is -0.0767. The summed E-state index contributed by atoms with van der Waals surface area (Å²) in [6, 6.07) is 6.03. The van der Waals surface area contributed by atoms with E-state index in [0.717, 1.165) is 35.9 Å². The van der Waals surface area contributed by atoms with Gasteiger partial charge >= 0.3 is 0 Å². The van der Waals surface area contributed by atoms with Crippen LogP contribution in [0.25, 0.3) is 16.9 Å². The molecule has 0 spiro atoms. The number of carbonyl (C=O) groups is 1. The SMILES string of the molecule is O=C(NC1CC2CC2C1)c1cnn2c(-c3cccnc3)ccnc12. The van der Waals surface area contributed by atoms with Crippen molar-refractivity contribution in [3.05, 3.63) is 48.5 Å². The van der Waals surface area contributed by atoms with E-state index in [4.69, 9.17) is 0 Å². The standard InChI is InChI=1S/C18H17N5O/c24-18(22-14-7-12-6-13(12)8-14)15-10-21-23-16(3-5-20-17(15)23)11-2-1-4-19-9-11/h1-5,9-10,12-14H,6-8H2,(H,22,24). The van der Waals surface area contributed by atoms with Gasteiger partial charge in [0.05, 0.1) is 11.9 Å². The van der Waals surface area contributed by atoms with Crippen molar-refractivity contribution in [3.8, 4) is 11.3 Å². The summed E-state index contributed by atoms with van der Waals surface area (Å²) in [6.07, 6.45) is 10.4. The topological polar surface area (TPSA) is 72.2 Å². The Kier molecular flexibility index (Phi) is 2.92. The first-order valence-electron chi connectivity index (χ1n) is 8.33. The van der Waals surface area contributed by atoms with Crippen molar-refractivity contribution < 1.29 is 4.79 Å². The van der Waals surface area contributed by atoms with Crippen molar-refractivity contribution in [1.82, 2.24) is 24.9 Å². The fraction of sp³-hybridized carbons (Fsp3) is 0.333. The Balaban J connectivity index is 1.48. The summed E-state index contributed by atoms with van der Waals surface area (Å²) >= 11 is 0. The highest BCUT2D eigenvalue weighted by Crippen LogP contribution is 2.51. The molecule has 24 heavy (non-hydrogen) atoms. The summed E-state index contributed by atoms with van der Waals surface area (Å²) in [5, 5.41) is 7.53. The Hall–Kier alpha value is -2.76. The second-order valence-electron chi connectivity index (χ2n) is 6.76. The van der Waals surface area contributed by atoms with Crippen LogP contribution in [-0.4, -0.2) is 31.5 Å². The van der Waals surface area contributed by atoms with Crippen LogP contribution in [0.3, 0.4) is 0 Å². The third-order valence-corrected chi connectivity index (χ3v) is 5.18. The molecule has 3 heterocycles. The van der Waals surface area contributed by atoms with Crippen molar-refractivity contribution in [2.75, 3.05) is 0 Å². The lowest BCUT2D eigenvalue weighted by Crippen LogP contribution is -2.33. The number of amides is 1. The van der Waals surface area contributed by atoms with Crippen LogP contribution in [0.1, 0.15) is 29.6 Å². The molecular formula is C18H17N5O. The molecule has 0 saturated heterocycles. The number of carbonyl (C=O) groups excluding carboxylic acids is 1. The van der Waals surface area contributed by atoms with Gasteiger partial charge in [0.2, 0.25) is 0 Å². The molecule has 3 aromatic rings. The van der Waals surface area contributed by atoms with Crippen LogP contribution in [0.2, 0.25) is 0 Å². The first-order chi connectivity index (χ1) is 11.8. The highest BCUT2D eigenvalue weighted by Gasteiger charge is 2.46. The molecule has 2 atom stereocenters. The van der Waals surface area contributed by atoms with E-state index in [9.17, 15) is 4.79 Å². The molecule has 6 heteroatoms. The van der Waals surface area contributed by atoms with Crippen LogP contribution in [0.4, 0.5) is 0 Å². The van der Waals surface area contributed by atoms with E-state index in [1.165, 1.54) is 6.42 Å². The Morgan fingerprint density at radius 2 is 2.00 bits per heavy atom. The van der Waals surface area contributed by atoms with E-state index in [1.54, 1.807) is 29.3 Å². The zero-order valence-electron chi connectivity index (χ0n) is 13.1. The van der Waals surface area contributed by atoms with Crippen molar-refractivity contribution in [2.24, 2.45) is 11.8 Å². The first kappa shape index (κ1) is 13.7. The van der Waals surface area contributed by atoms with E-state index in [1.807, 2.05) is 18.2 Å². The molecule has 0 aliphatic heterocycles. The maximum atomic E-state index is 12.6. The summed E-state index contributed by atoms with van der Waals surface area (Å²) in [5.74, 6) is 1.61. The maximum Gasteiger partial charge on any atom is 0.256 e. The Morgan fingerprint density at radius 1 is 1.12 bits per heavy atom. The molecule has 2 unspecified atom stereocenters. The predicted molar refractivity (Wildman–Crippen MR) is 88.3 cm³/mol. The molecule has 0 bridgehead atoms. The second kappa shape index (κ2) is 5.12. The second-order valence-corrected chi connectivity index (χ2v) is 6.76. The summed E-state index contributed by atoms with van der Waals surface area (Å²) in [5.41, 5.74) is 2.92. The van der Waals surface area contributed by atoms with E-state index in [0.29, 0.717) is 17.3 Å². The number of aromatic nitrogens is 4. The first-order valence-corrected chi connectivity index (χ1v) is 8.33. The number of rotatable bonds is 3. The van der Waals surface area contributed by atoms with E-state index in [2.05, 4.69) is 20.4 Å². The van der Waals surface area contributed by atoms with Crippen LogP contribution >= 0.6 is 0 Å². The zero-order valence-corrected chi connectivity index (χ0v) is 13.1. The normalized spacial score (nSPS) is 24.8. The molecule has 2 aliphatic carbocycles. The number of nitrogens with one attached hydrogen (secondary N) is 1. The molecule has 0 radical (unpaired) electrons. The van der Waals surface area contributed by atoms with Gasteiger partial charge in [-0.3, -0.25) is 9.78 Å². The molecule has 6 nitrogen and oxygen atoms in total. The number of pyridine rings is 1. The van der Waals surface area contributed by atoms with Crippen molar-refractivity contribution >= 4 is 11.6 Å². The van der Waals surface area contributed by atoms with Crippen LogP contribution in [0, 0.1) is 11.8 Å². The summed E-state index contributed by atoms with van der Waals surface area (Å²) < 4.78 is 1.71. The summed E-state index contributed by atoms with van der Waals surface area (Å²) in [4.78, 5) is 21.1. The number of hydrogen-bond acceptors (Lipinski definition) is 4. The van der Waals surface area contributed by atoms with Crippen molar-refractivity contribution in [2.45, 2.75) is 25.3 Å². The zero-order chi connectivity index (χ0) is 16.1. The molecular weight excluding hydrogens is 302 g/mol. The van der Waals surface area contributed by atoms with E-state index >= 15 is 0 Å². The molecule has 2 fully saturated rings. The number of hydrogen-bond donors (Lipinski definition) is 1. The average Bonchev–Trinajstić information content (AvgIpc) is 3.04. The Bertz CT molecular complexity index is 910. The lowest BCUT2D eigenvalue weighted by atomic mass is 10.1. The highest BCUT2D eigenvalue weighted by atomic mass is 16.1. The molecule has 2 aliphatic rings. The van der Waals surface area contributed by atoms with Gasteiger partial charge in [-0.25, -0.2) is 9.50 Å². The van der Waals surface area contributed by atoms with Gasteiger partial charge < -0.3 is 5.32 Å². The molecule has 3 aromatic heterocycles. The quantitative estimate of drug-likeness (QED) is 0.804. The van der Waals surface area contributed by atoms with Gasteiger partial charge in [-0.1, -0.05) is 0 Å². The van der Waals surface area contributed by atoms with Crippen LogP contribution in [0.5, 0.6) is 0 Å². The maximum absolute atomic E-state index is 12.6. The van der Waals surface area contributed by atoms with Gasteiger partial charge in [0.1, 0.15) is 5.56 Å². The number of fused-ring (bicyclic) bond motifs is 2.